The first-order valence-electron chi connectivity index (χ1n) is 6.46. The zero-order valence-corrected chi connectivity index (χ0v) is 11.1. The molecule has 2 unspecified atom stereocenters. The first-order chi connectivity index (χ1) is 9.11. The normalized spacial score (nSPS) is 14.0. The fraction of sp³-hybridized carbons (Fsp3) is 0.333. The zero-order valence-electron chi connectivity index (χ0n) is 11.1. The molecule has 2 rings (SSSR count). The molecule has 100 valence electrons. The fourth-order valence-electron chi connectivity index (χ4n) is 2.01. The maximum atomic E-state index is 11.3. The highest BCUT2D eigenvalue weighted by atomic mass is 16.4. The summed E-state index contributed by atoms with van der Waals surface area (Å²) in [5, 5.41) is 13.3. The third-order valence-corrected chi connectivity index (χ3v) is 3.39. The Hall–Kier alpha value is -2.10. The van der Waals surface area contributed by atoms with Crippen LogP contribution >= 0.6 is 0 Å². The van der Waals surface area contributed by atoms with Crippen LogP contribution < -0.4 is 5.32 Å². The number of fused-ring (bicyclic) bond motifs is 1. The van der Waals surface area contributed by atoms with Gasteiger partial charge in [-0.25, -0.2) is 4.79 Å². The van der Waals surface area contributed by atoms with Gasteiger partial charge in [0.2, 0.25) is 0 Å². The van der Waals surface area contributed by atoms with Crippen molar-refractivity contribution in [2.45, 2.75) is 26.3 Å². The lowest BCUT2D eigenvalue weighted by atomic mass is 9.99. The summed E-state index contributed by atoms with van der Waals surface area (Å²) in [6, 6.07) is 9.11. The summed E-state index contributed by atoms with van der Waals surface area (Å²) in [6.07, 6.45) is 2.49. The summed E-state index contributed by atoms with van der Waals surface area (Å²) >= 11 is 0. The number of nitrogens with zero attached hydrogens (tertiary/aromatic N) is 1. The van der Waals surface area contributed by atoms with Crippen LogP contribution in [0.15, 0.2) is 36.5 Å². The number of carbonyl (C=O) groups is 1. The highest BCUT2D eigenvalue weighted by molar-refractivity contribution is 5.83. The van der Waals surface area contributed by atoms with E-state index >= 15 is 0 Å². The van der Waals surface area contributed by atoms with E-state index in [2.05, 4.69) is 10.3 Å². The number of aliphatic carboxylic acids is 1. The molecule has 0 saturated carbocycles. The number of carboxylic acids is 1. The topological polar surface area (TPSA) is 62.2 Å². The van der Waals surface area contributed by atoms with Gasteiger partial charge in [0, 0.05) is 5.39 Å². The molecular formula is C15H18N2O2. The van der Waals surface area contributed by atoms with Gasteiger partial charge in [-0.15, -0.1) is 0 Å². The Morgan fingerprint density at radius 1 is 1.42 bits per heavy atom. The smallest absolute Gasteiger partial charge is 0.326 e. The van der Waals surface area contributed by atoms with E-state index in [1.807, 2.05) is 44.2 Å². The fourth-order valence-corrected chi connectivity index (χ4v) is 2.01. The van der Waals surface area contributed by atoms with Gasteiger partial charge in [-0.05, 0) is 18.1 Å². The van der Waals surface area contributed by atoms with E-state index in [1.54, 1.807) is 6.20 Å². The third-order valence-electron chi connectivity index (χ3n) is 3.39. The van der Waals surface area contributed by atoms with Crippen LogP contribution in [0, 0.1) is 5.92 Å². The Labute approximate surface area is 112 Å². The maximum Gasteiger partial charge on any atom is 0.326 e. The van der Waals surface area contributed by atoms with Gasteiger partial charge in [0.1, 0.15) is 6.04 Å². The molecule has 1 heterocycles. The molecule has 0 fully saturated rings. The largest absolute Gasteiger partial charge is 0.480 e. The zero-order chi connectivity index (χ0) is 13.8. The summed E-state index contributed by atoms with van der Waals surface area (Å²) in [7, 11) is 0. The van der Waals surface area contributed by atoms with Crippen molar-refractivity contribution >= 4 is 22.6 Å². The van der Waals surface area contributed by atoms with Gasteiger partial charge in [-0.1, -0.05) is 38.5 Å². The average Bonchev–Trinajstić information content (AvgIpc) is 2.43. The second-order valence-electron chi connectivity index (χ2n) is 4.76. The number of nitrogens with one attached hydrogen (secondary N) is 1. The lowest BCUT2D eigenvalue weighted by Gasteiger charge is -2.21. The average molecular weight is 258 g/mol. The molecule has 0 aliphatic rings. The summed E-state index contributed by atoms with van der Waals surface area (Å²) in [4.78, 5) is 15.6. The Balaban J connectivity index is 2.26. The molecule has 4 heteroatoms. The van der Waals surface area contributed by atoms with Crippen LogP contribution in [0.1, 0.15) is 20.3 Å². The minimum atomic E-state index is -0.831. The number of aromatic nitrogens is 1. The Bertz CT molecular complexity index is 583. The van der Waals surface area contributed by atoms with E-state index in [1.165, 1.54) is 0 Å². The predicted octanol–water partition coefficient (Wildman–Crippen LogP) is 3.15. The van der Waals surface area contributed by atoms with E-state index in [9.17, 15) is 9.90 Å². The molecule has 4 nitrogen and oxygen atoms in total. The van der Waals surface area contributed by atoms with Gasteiger partial charge in [-0.3, -0.25) is 4.98 Å². The molecule has 0 amide bonds. The van der Waals surface area contributed by atoms with Gasteiger partial charge in [0.15, 0.2) is 0 Å². The van der Waals surface area contributed by atoms with Crippen molar-refractivity contribution in [3.8, 4) is 0 Å². The van der Waals surface area contributed by atoms with Crippen LogP contribution in [0.3, 0.4) is 0 Å². The molecule has 2 atom stereocenters. The van der Waals surface area contributed by atoms with Crippen molar-refractivity contribution in [2.75, 3.05) is 5.32 Å². The Kier molecular flexibility index (Phi) is 4.00. The molecule has 0 spiro atoms. The summed E-state index contributed by atoms with van der Waals surface area (Å²) in [5.74, 6) is -0.772. The van der Waals surface area contributed by atoms with E-state index < -0.39 is 12.0 Å². The number of hydrogen-bond donors (Lipinski definition) is 2. The molecule has 19 heavy (non-hydrogen) atoms. The molecular weight excluding hydrogens is 240 g/mol. The van der Waals surface area contributed by atoms with Crippen molar-refractivity contribution < 1.29 is 9.90 Å². The lowest BCUT2D eigenvalue weighted by molar-refractivity contribution is -0.139. The molecule has 1 aromatic carbocycles. The van der Waals surface area contributed by atoms with Crippen LogP contribution in [-0.2, 0) is 4.79 Å². The molecule has 0 aliphatic heterocycles. The van der Waals surface area contributed by atoms with Gasteiger partial charge in [0.25, 0.3) is 0 Å². The number of carboxylic acid groups (broad SMARTS) is 1. The summed E-state index contributed by atoms with van der Waals surface area (Å²) < 4.78 is 0. The van der Waals surface area contributed by atoms with E-state index in [4.69, 9.17) is 0 Å². The van der Waals surface area contributed by atoms with Crippen molar-refractivity contribution in [1.82, 2.24) is 4.98 Å². The summed E-state index contributed by atoms with van der Waals surface area (Å²) in [6.45, 7) is 3.92. The number of para-hydroxylation sites is 1. The first-order valence-corrected chi connectivity index (χ1v) is 6.46. The van der Waals surface area contributed by atoms with Gasteiger partial charge in [-0.2, -0.15) is 0 Å². The second kappa shape index (κ2) is 5.69. The maximum absolute atomic E-state index is 11.3. The quantitative estimate of drug-likeness (QED) is 0.864. The number of anilines is 1. The molecule has 2 N–H and O–H groups in total. The highest BCUT2D eigenvalue weighted by Gasteiger charge is 2.23. The van der Waals surface area contributed by atoms with E-state index in [-0.39, 0.29) is 5.92 Å². The Morgan fingerprint density at radius 3 is 2.84 bits per heavy atom. The highest BCUT2D eigenvalue weighted by Crippen LogP contribution is 2.19. The minimum Gasteiger partial charge on any atom is -0.480 e. The molecule has 0 saturated heterocycles. The number of benzene rings is 1. The number of hydrogen-bond acceptors (Lipinski definition) is 3. The molecule has 1 aromatic heterocycles. The van der Waals surface area contributed by atoms with Gasteiger partial charge < -0.3 is 10.4 Å². The van der Waals surface area contributed by atoms with Gasteiger partial charge >= 0.3 is 5.97 Å². The Morgan fingerprint density at radius 2 is 2.16 bits per heavy atom. The predicted molar refractivity (Wildman–Crippen MR) is 76.2 cm³/mol. The number of pyridine rings is 1. The van der Waals surface area contributed by atoms with Crippen LogP contribution in [0.25, 0.3) is 10.9 Å². The summed E-state index contributed by atoms with van der Waals surface area (Å²) in [5.41, 5.74) is 1.65. The van der Waals surface area contributed by atoms with Crippen molar-refractivity contribution in [3.05, 3.63) is 36.5 Å². The van der Waals surface area contributed by atoms with Crippen LogP contribution in [0.2, 0.25) is 0 Å². The van der Waals surface area contributed by atoms with Crippen molar-refractivity contribution in [1.29, 1.82) is 0 Å². The van der Waals surface area contributed by atoms with Gasteiger partial charge in [0.05, 0.1) is 17.4 Å². The monoisotopic (exact) mass is 258 g/mol. The second-order valence-corrected chi connectivity index (χ2v) is 4.76. The van der Waals surface area contributed by atoms with Crippen molar-refractivity contribution in [3.63, 3.8) is 0 Å². The molecule has 0 aliphatic carbocycles. The first kappa shape index (κ1) is 13.3. The number of rotatable bonds is 5. The standard InChI is InChI=1S/C15H18N2O2/c1-3-10(2)14(15(18)19)17-12-8-11-6-4-5-7-13(11)16-9-12/h4-10,14,17H,3H2,1-2H3,(H,18,19). The van der Waals surface area contributed by atoms with Crippen LogP contribution in [-0.4, -0.2) is 22.1 Å². The molecule has 0 radical (unpaired) electrons. The molecule has 2 aromatic rings. The minimum absolute atomic E-state index is 0.0592. The van der Waals surface area contributed by atoms with Crippen LogP contribution in [0.4, 0.5) is 5.69 Å². The van der Waals surface area contributed by atoms with Crippen LogP contribution in [0.5, 0.6) is 0 Å². The van der Waals surface area contributed by atoms with E-state index in [0.717, 1.165) is 23.0 Å². The van der Waals surface area contributed by atoms with Crippen molar-refractivity contribution in [2.24, 2.45) is 5.92 Å². The van der Waals surface area contributed by atoms with E-state index in [0.29, 0.717) is 0 Å². The lowest BCUT2D eigenvalue weighted by Crippen LogP contribution is -2.35. The molecule has 0 bridgehead atoms. The third kappa shape index (κ3) is 3.02. The SMILES string of the molecule is CCC(C)C(Nc1cnc2ccccc2c1)C(=O)O.